The number of hydrogen-bond donors (Lipinski definition) is 0. The lowest BCUT2D eigenvalue weighted by atomic mass is 10.1. The lowest BCUT2D eigenvalue weighted by Gasteiger charge is -2.00. The molecule has 0 heterocycles. The highest BCUT2D eigenvalue weighted by Crippen LogP contribution is 2.16. The molecule has 0 aliphatic heterocycles. The fraction of sp³-hybridized carbons (Fsp3) is 0.0769. The Bertz CT molecular complexity index is 497. The van der Waals surface area contributed by atoms with Crippen LogP contribution in [-0.4, -0.2) is 0 Å². The minimum Gasteiger partial charge on any atom is -0.174 e. The number of benzene rings is 2. The summed E-state index contributed by atoms with van der Waals surface area (Å²) >= 11 is 0. The highest BCUT2D eigenvalue weighted by molar-refractivity contribution is 5.83. The van der Waals surface area contributed by atoms with E-state index >= 15 is 0 Å². The predicted octanol–water partition coefficient (Wildman–Crippen LogP) is 4.16. The maximum absolute atomic E-state index is 11.9. The molecule has 0 nitrogen and oxygen atoms in total. The zero-order chi connectivity index (χ0) is 10.7. The smallest absolute Gasteiger partial charge is 0.174 e. The Morgan fingerprint density at radius 1 is 1.00 bits per heavy atom. The van der Waals surface area contributed by atoms with Gasteiger partial charge in [-0.05, 0) is 28.8 Å². The van der Waals surface area contributed by atoms with Gasteiger partial charge in [0, 0.05) is 0 Å². The predicted molar refractivity (Wildman–Crippen MR) is 58.0 cm³/mol. The van der Waals surface area contributed by atoms with Crippen molar-refractivity contribution in [2.75, 3.05) is 0 Å². The van der Waals surface area contributed by atoms with Crippen LogP contribution in [0.3, 0.4) is 0 Å². The molecule has 15 heavy (non-hydrogen) atoms. The van der Waals surface area contributed by atoms with E-state index in [-0.39, 0.29) is 6.42 Å². The normalized spacial score (nSPS) is 10.3. The van der Waals surface area contributed by atoms with E-state index in [0.29, 0.717) is 0 Å². The summed E-state index contributed by atoms with van der Waals surface area (Å²) < 4.78 is 23.8. The number of fused-ring (bicyclic) bond motifs is 1. The van der Waals surface area contributed by atoms with E-state index in [1.165, 1.54) is 0 Å². The van der Waals surface area contributed by atoms with Crippen LogP contribution in [0, 0.1) is 0 Å². The van der Waals surface area contributed by atoms with Crippen LogP contribution in [0.4, 0.5) is 8.78 Å². The Morgan fingerprint density at radius 3 is 2.47 bits per heavy atom. The van der Waals surface area contributed by atoms with Gasteiger partial charge in [-0.25, -0.2) is 0 Å². The molecule has 0 unspecified atom stereocenters. The molecule has 2 aromatic carbocycles. The maximum Gasteiger partial charge on any atom is 0.266 e. The van der Waals surface area contributed by atoms with Gasteiger partial charge in [-0.1, -0.05) is 42.5 Å². The third kappa shape index (κ3) is 2.40. The van der Waals surface area contributed by atoms with Crippen molar-refractivity contribution in [1.82, 2.24) is 0 Å². The van der Waals surface area contributed by atoms with Crippen LogP contribution in [-0.2, 0) is 6.42 Å². The molecule has 2 rings (SSSR count). The molecular formula is C13H10F2. The van der Waals surface area contributed by atoms with Gasteiger partial charge in [-0.15, -0.1) is 0 Å². The van der Waals surface area contributed by atoms with Gasteiger partial charge < -0.3 is 0 Å². The Kier molecular flexibility index (Phi) is 2.77. The van der Waals surface area contributed by atoms with Crippen LogP contribution in [0.1, 0.15) is 5.56 Å². The Hall–Kier alpha value is -1.70. The highest BCUT2D eigenvalue weighted by Gasteiger charge is 1.95. The van der Waals surface area contributed by atoms with Gasteiger partial charge in [0.15, 0.2) is 0 Å². The number of halogens is 2. The molecule has 0 N–H and O–H groups in total. The van der Waals surface area contributed by atoms with Crippen LogP contribution < -0.4 is 0 Å². The summed E-state index contributed by atoms with van der Waals surface area (Å²) in [6.45, 7) is 0. The van der Waals surface area contributed by atoms with Crippen molar-refractivity contribution in [2.24, 2.45) is 0 Å². The summed E-state index contributed by atoms with van der Waals surface area (Å²) in [5, 5.41) is 2.22. The zero-order valence-corrected chi connectivity index (χ0v) is 8.08. The molecule has 0 bridgehead atoms. The summed E-state index contributed by atoms with van der Waals surface area (Å²) in [6.07, 6.45) is -0.403. The first-order chi connectivity index (χ1) is 7.25. The van der Waals surface area contributed by atoms with Crippen molar-refractivity contribution in [3.63, 3.8) is 0 Å². The van der Waals surface area contributed by atoms with E-state index in [9.17, 15) is 8.78 Å². The van der Waals surface area contributed by atoms with Gasteiger partial charge in [0.2, 0.25) is 0 Å². The lowest BCUT2D eigenvalue weighted by Crippen LogP contribution is -1.81. The van der Waals surface area contributed by atoms with E-state index in [0.717, 1.165) is 22.4 Å². The van der Waals surface area contributed by atoms with Gasteiger partial charge in [0.1, 0.15) is 0 Å². The van der Waals surface area contributed by atoms with E-state index < -0.39 is 6.08 Å². The molecule has 76 valence electrons. The number of allylic oxidation sites excluding steroid dienone is 1. The summed E-state index contributed by atoms with van der Waals surface area (Å²) in [7, 11) is 0. The van der Waals surface area contributed by atoms with Crippen molar-refractivity contribution >= 4 is 10.8 Å². The number of hydrogen-bond acceptors (Lipinski definition) is 0. The fourth-order valence-electron chi connectivity index (χ4n) is 1.56. The van der Waals surface area contributed by atoms with Crippen LogP contribution in [0.5, 0.6) is 0 Å². The Balaban J connectivity index is 2.34. The van der Waals surface area contributed by atoms with E-state index in [4.69, 9.17) is 0 Å². The molecule has 0 amide bonds. The third-order valence-corrected chi connectivity index (χ3v) is 2.31. The number of rotatable bonds is 2. The minimum atomic E-state index is -1.62. The Morgan fingerprint density at radius 2 is 1.73 bits per heavy atom. The van der Waals surface area contributed by atoms with Crippen molar-refractivity contribution < 1.29 is 8.78 Å². The fourth-order valence-corrected chi connectivity index (χ4v) is 1.56. The second kappa shape index (κ2) is 4.22. The summed E-state index contributed by atoms with van der Waals surface area (Å²) in [4.78, 5) is 0. The van der Waals surface area contributed by atoms with Gasteiger partial charge in [-0.3, -0.25) is 0 Å². The molecular weight excluding hydrogens is 194 g/mol. The van der Waals surface area contributed by atoms with Crippen LogP contribution in [0.2, 0.25) is 0 Å². The third-order valence-electron chi connectivity index (χ3n) is 2.31. The molecule has 0 fully saturated rings. The molecule has 0 aromatic heterocycles. The lowest BCUT2D eigenvalue weighted by molar-refractivity contribution is 0.418. The van der Waals surface area contributed by atoms with Crippen molar-refractivity contribution in [3.8, 4) is 0 Å². The minimum absolute atomic E-state index is 0.285. The molecule has 2 aromatic rings. The maximum atomic E-state index is 11.9. The monoisotopic (exact) mass is 204 g/mol. The quantitative estimate of drug-likeness (QED) is 0.688. The van der Waals surface area contributed by atoms with Crippen LogP contribution in [0.15, 0.2) is 54.6 Å². The molecule has 0 spiro atoms. The van der Waals surface area contributed by atoms with E-state index in [1.54, 1.807) is 0 Å². The first-order valence-corrected chi connectivity index (χ1v) is 4.74. The molecule has 0 saturated heterocycles. The van der Waals surface area contributed by atoms with E-state index in [2.05, 4.69) is 0 Å². The zero-order valence-electron chi connectivity index (χ0n) is 8.08. The SMILES string of the molecule is FC(F)=CCc1ccc2ccccc2c1. The first kappa shape index (κ1) is 9.84. The molecule has 0 radical (unpaired) electrons. The molecule has 0 saturated carbocycles. The van der Waals surface area contributed by atoms with Crippen LogP contribution >= 0.6 is 0 Å². The van der Waals surface area contributed by atoms with Crippen molar-refractivity contribution in [3.05, 3.63) is 60.2 Å². The second-order valence-corrected chi connectivity index (χ2v) is 3.38. The van der Waals surface area contributed by atoms with Gasteiger partial charge in [0.25, 0.3) is 6.08 Å². The molecule has 0 aliphatic rings. The van der Waals surface area contributed by atoms with Gasteiger partial charge in [-0.2, -0.15) is 8.78 Å². The topological polar surface area (TPSA) is 0 Å². The molecule has 2 heteroatoms. The standard InChI is InChI=1S/C13H10F2/c14-13(15)8-6-10-5-7-11-3-1-2-4-12(11)9-10/h1-5,7-9H,6H2. The summed E-state index contributed by atoms with van der Waals surface area (Å²) in [5.41, 5.74) is 0.904. The summed E-state index contributed by atoms with van der Waals surface area (Å²) in [5.74, 6) is 0. The molecule has 0 atom stereocenters. The average molecular weight is 204 g/mol. The van der Waals surface area contributed by atoms with Gasteiger partial charge in [0.05, 0.1) is 0 Å². The Labute approximate surface area is 86.8 Å². The summed E-state index contributed by atoms with van der Waals surface area (Å²) in [6, 6.07) is 13.7. The van der Waals surface area contributed by atoms with Crippen molar-refractivity contribution in [2.45, 2.75) is 6.42 Å². The largest absolute Gasteiger partial charge is 0.266 e. The first-order valence-electron chi connectivity index (χ1n) is 4.74. The van der Waals surface area contributed by atoms with Crippen molar-refractivity contribution in [1.29, 1.82) is 0 Å². The van der Waals surface area contributed by atoms with Gasteiger partial charge >= 0.3 is 0 Å². The molecule has 0 aliphatic carbocycles. The second-order valence-electron chi connectivity index (χ2n) is 3.38. The highest BCUT2D eigenvalue weighted by atomic mass is 19.3. The van der Waals surface area contributed by atoms with Crippen LogP contribution in [0.25, 0.3) is 10.8 Å². The average Bonchev–Trinajstić information content (AvgIpc) is 2.26. The van der Waals surface area contributed by atoms with E-state index in [1.807, 2.05) is 42.5 Å².